The van der Waals surface area contributed by atoms with E-state index in [1.54, 1.807) is 12.1 Å². The monoisotopic (exact) mass is 329 g/mol. The Morgan fingerprint density at radius 2 is 2.08 bits per heavy atom. The Hall–Kier alpha value is -3.36. The van der Waals surface area contributed by atoms with Gasteiger partial charge >= 0.3 is 11.7 Å². The number of hydrogen-bond donors (Lipinski definition) is 2. The molecule has 0 radical (unpaired) electrons. The van der Waals surface area contributed by atoms with E-state index in [1.807, 2.05) is 0 Å². The van der Waals surface area contributed by atoms with Crippen molar-refractivity contribution in [2.75, 3.05) is 5.32 Å². The summed E-state index contributed by atoms with van der Waals surface area (Å²) in [6.45, 7) is 0.232. The molecule has 0 saturated heterocycles. The molecule has 3 aromatic rings. The molecule has 0 aliphatic heterocycles. The van der Waals surface area contributed by atoms with Crippen molar-refractivity contribution >= 4 is 22.8 Å². The van der Waals surface area contributed by atoms with Crippen LogP contribution in [0, 0.1) is 0 Å². The van der Waals surface area contributed by atoms with E-state index in [0.717, 1.165) is 4.57 Å². The predicted octanol–water partition coefficient (Wildman–Crippen LogP) is 0.547. The average molecular weight is 329 g/mol. The van der Waals surface area contributed by atoms with Crippen LogP contribution in [-0.4, -0.2) is 20.1 Å². The fraction of sp³-hybridized carbons (Fsp3) is 0.200. The zero-order chi connectivity index (χ0) is 17.3. The minimum atomic E-state index is -0.472. The molecule has 0 saturated carbocycles. The number of aromatic nitrogens is 3. The number of fused-ring (bicyclic) bond motifs is 1. The van der Waals surface area contributed by atoms with Crippen LogP contribution < -0.4 is 21.9 Å². The van der Waals surface area contributed by atoms with Crippen LogP contribution in [0.5, 0.6) is 0 Å². The van der Waals surface area contributed by atoms with Gasteiger partial charge in [0.05, 0.1) is 30.1 Å². The lowest BCUT2D eigenvalue weighted by atomic mass is 10.3. The molecule has 24 heavy (non-hydrogen) atoms. The first-order chi connectivity index (χ1) is 11.5. The van der Waals surface area contributed by atoms with Crippen molar-refractivity contribution in [3.05, 3.63) is 57.3 Å². The van der Waals surface area contributed by atoms with Crippen LogP contribution in [0.1, 0.15) is 5.76 Å². The van der Waals surface area contributed by atoms with Gasteiger partial charge in [0, 0.05) is 14.1 Å². The number of carbonyl (C=O) groups excluding carboxylic acids is 1. The number of anilines is 1. The maximum absolute atomic E-state index is 12.2. The van der Waals surface area contributed by atoms with Gasteiger partial charge in [-0.15, -0.1) is 0 Å². The van der Waals surface area contributed by atoms with Gasteiger partial charge in [-0.2, -0.15) is 0 Å². The molecule has 0 spiro atoms. The number of nitrogens with one attached hydrogen (secondary N) is 2. The van der Waals surface area contributed by atoms with Crippen LogP contribution in [0.4, 0.5) is 10.5 Å². The van der Waals surface area contributed by atoms with Crippen molar-refractivity contribution < 1.29 is 9.21 Å². The first-order valence-corrected chi connectivity index (χ1v) is 7.10. The minimum Gasteiger partial charge on any atom is -0.467 e. The van der Waals surface area contributed by atoms with E-state index < -0.39 is 17.3 Å². The van der Waals surface area contributed by atoms with Crippen LogP contribution in [0.25, 0.3) is 11.0 Å². The van der Waals surface area contributed by atoms with E-state index in [-0.39, 0.29) is 17.6 Å². The largest absolute Gasteiger partial charge is 0.467 e. The second-order valence-electron chi connectivity index (χ2n) is 5.19. The lowest BCUT2D eigenvalue weighted by Crippen LogP contribution is -2.37. The van der Waals surface area contributed by atoms with Crippen LogP contribution in [0.2, 0.25) is 0 Å². The summed E-state index contributed by atoms with van der Waals surface area (Å²) < 4.78 is 7.38. The molecule has 3 heterocycles. The summed E-state index contributed by atoms with van der Waals surface area (Å²) >= 11 is 0. The van der Waals surface area contributed by atoms with Crippen LogP contribution in [-0.2, 0) is 20.6 Å². The SMILES string of the molecule is Cn1c(=O)c2cc(NC(=O)NCc3ccco3)cnc2n(C)c1=O. The number of furan rings is 1. The molecule has 3 rings (SSSR count). The Morgan fingerprint density at radius 3 is 2.79 bits per heavy atom. The van der Waals surface area contributed by atoms with Gasteiger partial charge < -0.3 is 15.1 Å². The predicted molar refractivity (Wildman–Crippen MR) is 86.8 cm³/mol. The highest BCUT2D eigenvalue weighted by Gasteiger charge is 2.11. The Morgan fingerprint density at radius 1 is 1.29 bits per heavy atom. The molecule has 0 aromatic carbocycles. The summed E-state index contributed by atoms with van der Waals surface area (Å²) in [6, 6.07) is 4.48. The van der Waals surface area contributed by atoms with E-state index in [4.69, 9.17) is 4.42 Å². The number of nitrogens with zero attached hydrogens (tertiary/aromatic N) is 3. The molecule has 3 aromatic heterocycles. The second kappa shape index (κ2) is 6.03. The number of rotatable bonds is 3. The maximum Gasteiger partial charge on any atom is 0.332 e. The summed E-state index contributed by atoms with van der Waals surface area (Å²) in [7, 11) is 2.92. The van der Waals surface area contributed by atoms with Crippen LogP contribution in [0.3, 0.4) is 0 Å². The van der Waals surface area contributed by atoms with Crippen molar-refractivity contribution in [1.29, 1.82) is 0 Å². The number of amides is 2. The number of hydrogen-bond acceptors (Lipinski definition) is 5. The number of pyridine rings is 1. The lowest BCUT2D eigenvalue weighted by molar-refractivity contribution is 0.251. The molecule has 0 unspecified atom stereocenters. The summed E-state index contributed by atoms with van der Waals surface area (Å²) in [6.07, 6.45) is 2.90. The quantitative estimate of drug-likeness (QED) is 0.729. The normalized spacial score (nSPS) is 10.8. The van der Waals surface area contributed by atoms with E-state index in [9.17, 15) is 14.4 Å². The van der Waals surface area contributed by atoms with Gasteiger partial charge in [0.2, 0.25) is 0 Å². The van der Waals surface area contributed by atoms with Gasteiger partial charge in [0.1, 0.15) is 11.4 Å². The smallest absolute Gasteiger partial charge is 0.332 e. The highest BCUT2D eigenvalue weighted by Crippen LogP contribution is 2.11. The van der Waals surface area contributed by atoms with Crippen LogP contribution >= 0.6 is 0 Å². The zero-order valence-electron chi connectivity index (χ0n) is 13.1. The van der Waals surface area contributed by atoms with Crippen molar-refractivity contribution in [2.45, 2.75) is 6.54 Å². The highest BCUT2D eigenvalue weighted by atomic mass is 16.3. The number of carbonyl (C=O) groups is 1. The minimum absolute atomic E-state index is 0.232. The fourth-order valence-electron chi connectivity index (χ4n) is 2.29. The van der Waals surface area contributed by atoms with Crippen LogP contribution in [0.15, 0.2) is 44.7 Å². The molecule has 2 N–H and O–H groups in total. The first-order valence-electron chi connectivity index (χ1n) is 7.10. The molecule has 9 heteroatoms. The summed E-state index contributed by atoms with van der Waals surface area (Å²) in [5.41, 5.74) is -0.336. The fourth-order valence-corrected chi connectivity index (χ4v) is 2.29. The topological polar surface area (TPSA) is 111 Å². The Balaban J connectivity index is 1.84. The Labute approximate surface area is 135 Å². The van der Waals surface area contributed by atoms with Gasteiger partial charge in [-0.25, -0.2) is 14.6 Å². The highest BCUT2D eigenvalue weighted by molar-refractivity contribution is 5.91. The molecule has 9 nitrogen and oxygen atoms in total. The molecule has 124 valence electrons. The molecular formula is C15H15N5O4. The summed E-state index contributed by atoms with van der Waals surface area (Å²) in [5, 5.41) is 5.44. The summed E-state index contributed by atoms with van der Waals surface area (Å²) in [4.78, 5) is 40.0. The standard InChI is InChI=1S/C15H15N5O4/c1-19-12-11(13(21)20(2)15(19)23)6-9(7-16-12)18-14(22)17-8-10-4-3-5-24-10/h3-7H,8H2,1-2H3,(H2,17,18,22). The maximum atomic E-state index is 12.2. The van der Waals surface area contributed by atoms with E-state index in [1.165, 1.54) is 37.2 Å². The summed E-state index contributed by atoms with van der Waals surface area (Å²) in [5.74, 6) is 0.616. The molecule has 0 bridgehead atoms. The van der Waals surface area contributed by atoms with Gasteiger partial charge in [-0.3, -0.25) is 13.9 Å². The third kappa shape index (κ3) is 2.78. The lowest BCUT2D eigenvalue weighted by Gasteiger charge is -2.09. The van der Waals surface area contributed by atoms with E-state index in [2.05, 4.69) is 15.6 Å². The molecule has 0 aliphatic carbocycles. The van der Waals surface area contributed by atoms with Crippen molar-refractivity contribution in [3.8, 4) is 0 Å². The molecular weight excluding hydrogens is 314 g/mol. The van der Waals surface area contributed by atoms with Gasteiger partial charge in [0.25, 0.3) is 5.56 Å². The average Bonchev–Trinajstić information content (AvgIpc) is 3.09. The van der Waals surface area contributed by atoms with Gasteiger partial charge in [0.15, 0.2) is 0 Å². The second-order valence-corrected chi connectivity index (χ2v) is 5.19. The van der Waals surface area contributed by atoms with Gasteiger partial charge in [-0.05, 0) is 18.2 Å². The first kappa shape index (κ1) is 15.5. The van der Waals surface area contributed by atoms with E-state index in [0.29, 0.717) is 11.4 Å². The number of urea groups is 1. The Kier molecular flexibility index (Phi) is 3.90. The molecule has 2 amide bonds. The third-order valence-corrected chi connectivity index (χ3v) is 3.55. The molecule has 0 aliphatic rings. The number of aryl methyl sites for hydroxylation is 1. The molecule has 0 atom stereocenters. The van der Waals surface area contributed by atoms with Crippen molar-refractivity contribution in [2.24, 2.45) is 14.1 Å². The zero-order valence-corrected chi connectivity index (χ0v) is 13.1. The van der Waals surface area contributed by atoms with Crippen molar-refractivity contribution in [3.63, 3.8) is 0 Å². The van der Waals surface area contributed by atoms with Crippen molar-refractivity contribution in [1.82, 2.24) is 19.4 Å². The van der Waals surface area contributed by atoms with Gasteiger partial charge in [-0.1, -0.05) is 0 Å². The van der Waals surface area contributed by atoms with E-state index >= 15 is 0 Å². The molecule has 0 fully saturated rings. The Bertz CT molecular complexity index is 1020. The third-order valence-electron chi connectivity index (χ3n) is 3.55.